The maximum Gasteiger partial charge on any atom is 0.336 e. The second-order valence-electron chi connectivity index (χ2n) is 6.84. The van der Waals surface area contributed by atoms with E-state index in [4.69, 9.17) is 4.74 Å². The smallest absolute Gasteiger partial charge is 0.336 e. The molecule has 4 nitrogen and oxygen atoms in total. The fourth-order valence-electron chi connectivity index (χ4n) is 4.00. The van der Waals surface area contributed by atoms with Crippen LogP contribution in [-0.4, -0.2) is 29.8 Å². The molecular weight excluding hydrogens is 378 g/mol. The van der Waals surface area contributed by atoms with Crippen molar-refractivity contribution < 1.29 is 14.3 Å². The van der Waals surface area contributed by atoms with Gasteiger partial charge in [-0.25, -0.2) is 4.79 Å². The molecule has 0 N–H and O–H groups in total. The van der Waals surface area contributed by atoms with Crippen molar-refractivity contribution in [1.82, 2.24) is 0 Å². The van der Waals surface area contributed by atoms with Gasteiger partial charge in [-0.2, -0.15) is 0 Å². The van der Waals surface area contributed by atoms with E-state index in [9.17, 15) is 9.59 Å². The fourth-order valence-corrected chi connectivity index (χ4v) is 6.40. The average Bonchev–Trinajstić information content (AvgIpc) is 3.04. The van der Waals surface area contributed by atoms with Crippen molar-refractivity contribution in [2.24, 2.45) is 10.9 Å². The van der Waals surface area contributed by atoms with E-state index in [1.807, 2.05) is 13.8 Å². The number of esters is 1. The Labute approximate surface area is 169 Å². The maximum absolute atomic E-state index is 12.9. The predicted molar refractivity (Wildman–Crippen MR) is 112 cm³/mol. The molecule has 1 fully saturated rings. The van der Waals surface area contributed by atoms with Gasteiger partial charge in [0.15, 0.2) is 0 Å². The number of ketones is 1. The molecule has 0 amide bonds. The summed E-state index contributed by atoms with van der Waals surface area (Å²) in [7, 11) is 0. The topological polar surface area (TPSA) is 55.7 Å². The van der Waals surface area contributed by atoms with E-state index in [0.29, 0.717) is 24.3 Å². The normalized spacial score (nSPS) is 22.5. The summed E-state index contributed by atoms with van der Waals surface area (Å²) in [6.45, 7) is 8.28. The van der Waals surface area contributed by atoms with Crippen LogP contribution < -0.4 is 0 Å². The molecule has 2 aliphatic rings. The quantitative estimate of drug-likeness (QED) is 0.484. The van der Waals surface area contributed by atoms with E-state index in [-0.39, 0.29) is 23.6 Å². The lowest BCUT2D eigenvalue weighted by atomic mass is 9.70. The molecule has 0 radical (unpaired) electrons. The van der Waals surface area contributed by atoms with Crippen LogP contribution in [0.4, 0.5) is 0 Å². The fraction of sp³-hybridized carbons (Fsp3) is 0.571. The Morgan fingerprint density at radius 2 is 2.07 bits per heavy atom. The number of hydrogen-bond acceptors (Lipinski definition) is 6. The van der Waals surface area contributed by atoms with E-state index in [1.54, 1.807) is 23.1 Å². The molecule has 0 bridgehead atoms. The lowest BCUT2D eigenvalue weighted by Gasteiger charge is -2.35. The number of thiophene rings is 1. The van der Waals surface area contributed by atoms with Gasteiger partial charge in [-0.1, -0.05) is 13.8 Å². The second-order valence-corrected chi connectivity index (χ2v) is 9.51. The molecule has 0 aromatic carbocycles. The van der Waals surface area contributed by atoms with Gasteiger partial charge in [0.2, 0.25) is 0 Å². The van der Waals surface area contributed by atoms with Crippen LogP contribution in [0.5, 0.6) is 0 Å². The molecule has 1 unspecified atom stereocenters. The molecule has 1 aliphatic carbocycles. The van der Waals surface area contributed by atoms with Crippen LogP contribution >= 0.6 is 23.1 Å². The molecular formula is C21H27NO3S2. The van der Waals surface area contributed by atoms with Crippen LogP contribution in [0.3, 0.4) is 0 Å². The summed E-state index contributed by atoms with van der Waals surface area (Å²) in [5, 5.41) is 0. The molecule has 3 rings (SSSR count). The van der Waals surface area contributed by atoms with Gasteiger partial charge in [0.05, 0.1) is 22.3 Å². The van der Waals surface area contributed by atoms with Gasteiger partial charge in [0, 0.05) is 28.6 Å². The summed E-state index contributed by atoms with van der Waals surface area (Å²) >= 11 is 3.58. The van der Waals surface area contributed by atoms with Crippen LogP contribution in [0.15, 0.2) is 26.5 Å². The highest BCUT2D eigenvalue weighted by Crippen LogP contribution is 2.48. The maximum atomic E-state index is 12.9. The lowest BCUT2D eigenvalue weighted by molar-refractivity contribution is -0.139. The third-order valence-corrected chi connectivity index (χ3v) is 7.62. The number of ether oxygens (including phenoxy) is 1. The number of carbonyl (C=O) groups excluding carboxylic acids is 2. The van der Waals surface area contributed by atoms with Crippen LogP contribution in [-0.2, 0) is 20.7 Å². The van der Waals surface area contributed by atoms with Gasteiger partial charge < -0.3 is 4.74 Å². The third kappa shape index (κ3) is 3.92. The summed E-state index contributed by atoms with van der Waals surface area (Å²) in [5.41, 5.74) is 3.33. The van der Waals surface area contributed by atoms with Crippen LogP contribution in [0.2, 0.25) is 0 Å². The van der Waals surface area contributed by atoms with Crippen molar-refractivity contribution >= 4 is 40.6 Å². The Kier molecular flexibility index (Phi) is 6.58. The zero-order valence-electron chi connectivity index (χ0n) is 16.5. The molecule has 1 aromatic heterocycles. The monoisotopic (exact) mass is 405 g/mol. The van der Waals surface area contributed by atoms with Crippen LogP contribution in [0.1, 0.15) is 63.3 Å². The zero-order valence-corrected chi connectivity index (χ0v) is 18.1. The average molecular weight is 406 g/mol. The SMILES string of the molecule is CCOC(=O)C1=C(C)N=C2CCCC(=O)C2[C@H]1c1cc(CC)sc1SCC. The Morgan fingerprint density at radius 1 is 1.30 bits per heavy atom. The minimum atomic E-state index is -0.335. The molecule has 1 saturated carbocycles. The number of hydrogen-bond donors (Lipinski definition) is 0. The third-order valence-electron chi connectivity index (χ3n) is 5.14. The molecule has 27 heavy (non-hydrogen) atoms. The van der Waals surface area contributed by atoms with E-state index in [2.05, 4.69) is 24.9 Å². The number of nitrogens with zero attached hydrogens (tertiary/aromatic N) is 1. The highest BCUT2D eigenvalue weighted by atomic mass is 32.2. The first-order valence-corrected chi connectivity index (χ1v) is 11.5. The Bertz CT molecular complexity index is 806. The highest BCUT2D eigenvalue weighted by Gasteiger charge is 2.44. The first-order valence-electron chi connectivity index (χ1n) is 9.75. The molecule has 0 spiro atoms. The highest BCUT2D eigenvalue weighted by molar-refractivity contribution is 8.01. The van der Waals surface area contributed by atoms with Gasteiger partial charge >= 0.3 is 5.97 Å². The molecule has 146 valence electrons. The number of carbonyl (C=O) groups is 2. The standard InChI is InChI=1S/C21H27NO3S2/c1-5-13-11-14(21(27-13)26-7-3)18-17(20(24)25-6-2)12(4)22-15-9-8-10-16(23)19(15)18/h11,18-19H,5-10H2,1-4H3/t18-,19?/m0/s1. The van der Waals surface area contributed by atoms with E-state index in [1.165, 1.54) is 9.09 Å². The number of aryl methyl sites for hydroxylation is 1. The first kappa shape index (κ1) is 20.3. The van der Waals surface area contributed by atoms with Crippen LogP contribution in [0.25, 0.3) is 0 Å². The minimum absolute atomic E-state index is 0.205. The summed E-state index contributed by atoms with van der Waals surface area (Å²) in [4.78, 5) is 31.8. The first-order chi connectivity index (χ1) is 13.0. The number of aliphatic imine (C=N–C) groups is 1. The van der Waals surface area contributed by atoms with Crippen LogP contribution in [0, 0.1) is 5.92 Å². The molecule has 6 heteroatoms. The van der Waals surface area contributed by atoms with Crippen molar-refractivity contribution in [3.05, 3.63) is 27.8 Å². The summed E-state index contributed by atoms with van der Waals surface area (Å²) in [6, 6.07) is 2.20. The number of thioether (sulfide) groups is 1. The Morgan fingerprint density at radius 3 is 2.74 bits per heavy atom. The van der Waals surface area contributed by atoms with E-state index in [0.717, 1.165) is 36.3 Å². The van der Waals surface area contributed by atoms with Crippen molar-refractivity contribution in [3.63, 3.8) is 0 Å². The molecule has 2 atom stereocenters. The minimum Gasteiger partial charge on any atom is -0.463 e. The van der Waals surface area contributed by atoms with Crippen molar-refractivity contribution in [1.29, 1.82) is 0 Å². The zero-order chi connectivity index (χ0) is 19.6. The van der Waals surface area contributed by atoms with Gasteiger partial charge in [0.25, 0.3) is 0 Å². The van der Waals surface area contributed by atoms with E-state index >= 15 is 0 Å². The number of allylic oxidation sites excluding steroid dienone is 1. The second kappa shape index (κ2) is 8.74. The van der Waals surface area contributed by atoms with Crippen molar-refractivity contribution in [2.75, 3.05) is 12.4 Å². The molecule has 1 aliphatic heterocycles. The lowest BCUT2D eigenvalue weighted by Crippen LogP contribution is -2.39. The van der Waals surface area contributed by atoms with Gasteiger partial charge in [-0.15, -0.1) is 23.1 Å². The van der Waals surface area contributed by atoms with Gasteiger partial charge in [0.1, 0.15) is 5.78 Å². The van der Waals surface area contributed by atoms with Gasteiger partial charge in [-0.05, 0) is 50.5 Å². The summed E-state index contributed by atoms with van der Waals surface area (Å²) in [6.07, 6.45) is 3.20. The number of fused-ring (bicyclic) bond motifs is 1. The predicted octanol–water partition coefficient (Wildman–Crippen LogP) is 5.17. The van der Waals surface area contributed by atoms with E-state index < -0.39 is 0 Å². The summed E-state index contributed by atoms with van der Waals surface area (Å²) in [5.74, 6) is 0.238. The molecule has 2 heterocycles. The molecule has 1 aromatic rings. The van der Waals surface area contributed by atoms with Crippen molar-refractivity contribution in [3.8, 4) is 0 Å². The van der Waals surface area contributed by atoms with Gasteiger partial charge in [-0.3, -0.25) is 9.79 Å². The number of rotatable bonds is 6. The Hall–Kier alpha value is -1.40. The summed E-state index contributed by atoms with van der Waals surface area (Å²) < 4.78 is 6.59. The molecule has 0 saturated heterocycles. The Balaban J connectivity index is 2.18. The largest absolute Gasteiger partial charge is 0.463 e. The van der Waals surface area contributed by atoms with Crippen molar-refractivity contribution in [2.45, 2.75) is 63.5 Å². The number of Topliss-reactive ketones (excluding diaryl/α,β-unsaturated/α-hetero) is 1.